The molecule has 0 aromatic rings. The largest absolute Gasteiger partial charge is 0.391 e. The molecule has 118 valence electrons. The number of hydrogen-bond acceptors (Lipinski definition) is 4. The summed E-state index contributed by atoms with van der Waals surface area (Å²) in [6, 6.07) is 0. The summed E-state index contributed by atoms with van der Waals surface area (Å²) in [6.45, 7) is 10.7. The minimum atomic E-state index is -0.327. The Morgan fingerprint density at radius 2 is 1.85 bits per heavy atom. The van der Waals surface area contributed by atoms with E-state index >= 15 is 0 Å². The number of rotatable bonds is 6. The number of aliphatic hydroxyl groups is 1. The van der Waals surface area contributed by atoms with Gasteiger partial charge in [-0.2, -0.15) is 0 Å². The standard InChI is InChI=1S/C15H30N2O3/c1-15(2,3)13(18)12-16-7-9-17(10-8-16)14(19)6-5-11-20-4/h13,18H,5-12H2,1-4H3/t13-/m0/s1. The third-order valence-electron chi connectivity index (χ3n) is 3.89. The highest BCUT2D eigenvalue weighted by atomic mass is 16.5. The molecule has 1 fully saturated rings. The van der Waals surface area contributed by atoms with Crippen molar-refractivity contribution in [2.75, 3.05) is 46.4 Å². The Balaban J connectivity index is 2.27. The fourth-order valence-corrected chi connectivity index (χ4v) is 2.22. The van der Waals surface area contributed by atoms with Crippen molar-refractivity contribution in [2.45, 2.75) is 39.7 Å². The maximum absolute atomic E-state index is 12.0. The van der Waals surface area contributed by atoms with E-state index in [0.717, 1.165) is 32.6 Å². The summed E-state index contributed by atoms with van der Waals surface area (Å²) in [5, 5.41) is 10.1. The van der Waals surface area contributed by atoms with Crippen molar-refractivity contribution in [3.05, 3.63) is 0 Å². The molecular formula is C15H30N2O3. The number of piperazine rings is 1. The Labute approximate surface area is 122 Å². The number of carbonyl (C=O) groups excluding carboxylic acids is 1. The molecule has 5 heteroatoms. The molecule has 0 radical (unpaired) electrons. The van der Waals surface area contributed by atoms with Crippen LogP contribution in [0.5, 0.6) is 0 Å². The van der Waals surface area contributed by atoms with Crippen molar-refractivity contribution < 1.29 is 14.6 Å². The summed E-state index contributed by atoms with van der Waals surface area (Å²) >= 11 is 0. The van der Waals surface area contributed by atoms with Crippen LogP contribution in [-0.2, 0) is 9.53 Å². The maximum atomic E-state index is 12.0. The fourth-order valence-electron chi connectivity index (χ4n) is 2.22. The number of β-amino-alcohol motifs (C(OH)–C–C–N with tert-alkyl or cyclic N) is 1. The fraction of sp³-hybridized carbons (Fsp3) is 0.933. The van der Waals surface area contributed by atoms with Crippen LogP contribution in [0.25, 0.3) is 0 Å². The number of aliphatic hydroxyl groups excluding tert-OH is 1. The maximum Gasteiger partial charge on any atom is 0.222 e. The van der Waals surface area contributed by atoms with Crippen molar-refractivity contribution in [3.8, 4) is 0 Å². The van der Waals surface area contributed by atoms with Crippen LogP contribution in [0.4, 0.5) is 0 Å². The molecular weight excluding hydrogens is 256 g/mol. The molecule has 0 saturated carbocycles. The second-order valence-electron chi connectivity index (χ2n) is 6.66. The summed E-state index contributed by atoms with van der Waals surface area (Å²) in [6.07, 6.45) is 1.03. The molecule has 1 amide bonds. The van der Waals surface area contributed by atoms with Gasteiger partial charge in [-0.15, -0.1) is 0 Å². The highest BCUT2D eigenvalue weighted by Crippen LogP contribution is 2.20. The van der Waals surface area contributed by atoms with Crippen LogP contribution >= 0.6 is 0 Å². The summed E-state index contributed by atoms with van der Waals surface area (Å²) in [5.74, 6) is 0.220. The van der Waals surface area contributed by atoms with E-state index in [-0.39, 0.29) is 17.4 Å². The topological polar surface area (TPSA) is 53.0 Å². The van der Waals surface area contributed by atoms with Crippen LogP contribution in [0.1, 0.15) is 33.6 Å². The van der Waals surface area contributed by atoms with Gasteiger partial charge in [0.1, 0.15) is 0 Å². The van der Waals surface area contributed by atoms with Gasteiger partial charge in [0, 0.05) is 52.9 Å². The lowest BCUT2D eigenvalue weighted by Crippen LogP contribution is -2.51. The monoisotopic (exact) mass is 286 g/mol. The first-order valence-corrected chi connectivity index (χ1v) is 7.51. The number of carbonyl (C=O) groups is 1. The molecule has 0 spiro atoms. The normalized spacial score (nSPS) is 19.1. The Hall–Kier alpha value is -0.650. The van der Waals surface area contributed by atoms with Gasteiger partial charge in [-0.05, 0) is 11.8 Å². The van der Waals surface area contributed by atoms with Crippen molar-refractivity contribution in [2.24, 2.45) is 5.41 Å². The smallest absolute Gasteiger partial charge is 0.222 e. The molecule has 1 heterocycles. The van der Waals surface area contributed by atoms with Crippen LogP contribution in [-0.4, -0.2) is 73.4 Å². The molecule has 1 atom stereocenters. The average molecular weight is 286 g/mol. The molecule has 1 aliphatic rings. The van der Waals surface area contributed by atoms with Crippen molar-refractivity contribution in [1.82, 2.24) is 9.80 Å². The zero-order valence-electron chi connectivity index (χ0n) is 13.4. The van der Waals surface area contributed by atoms with Gasteiger partial charge in [-0.25, -0.2) is 0 Å². The number of amides is 1. The van der Waals surface area contributed by atoms with Crippen molar-refractivity contribution in [3.63, 3.8) is 0 Å². The van der Waals surface area contributed by atoms with Gasteiger partial charge in [-0.1, -0.05) is 20.8 Å². The van der Waals surface area contributed by atoms with E-state index in [1.165, 1.54) is 0 Å². The molecule has 1 rings (SSSR count). The molecule has 0 unspecified atom stereocenters. The van der Waals surface area contributed by atoms with E-state index in [1.54, 1.807) is 7.11 Å². The van der Waals surface area contributed by atoms with E-state index in [9.17, 15) is 9.90 Å². The SMILES string of the molecule is COCCCC(=O)N1CCN(C[C@H](O)C(C)(C)C)CC1. The molecule has 1 N–H and O–H groups in total. The average Bonchev–Trinajstić information content (AvgIpc) is 2.38. The van der Waals surface area contributed by atoms with Crippen LogP contribution in [0.3, 0.4) is 0 Å². The van der Waals surface area contributed by atoms with Gasteiger partial charge >= 0.3 is 0 Å². The quantitative estimate of drug-likeness (QED) is 0.739. The highest BCUT2D eigenvalue weighted by molar-refractivity contribution is 5.76. The van der Waals surface area contributed by atoms with Gasteiger partial charge in [0.15, 0.2) is 0 Å². The third-order valence-corrected chi connectivity index (χ3v) is 3.89. The summed E-state index contributed by atoms with van der Waals surface area (Å²) in [4.78, 5) is 16.1. The minimum absolute atomic E-state index is 0.0902. The first kappa shape index (κ1) is 17.4. The van der Waals surface area contributed by atoms with Gasteiger partial charge in [-0.3, -0.25) is 9.69 Å². The minimum Gasteiger partial charge on any atom is -0.391 e. The molecule has 5 nitrogen and oxygen atoms in total. The lowest BCUT2D eigenvalue weighted by molar-refractivity contribution is -0.133. The number of ether oxygens (including phenoxy) is 1. The van der Waals surface area contributed by atoms with Gasteiger partial charge in [0.2, 0.25) is 5.91 Å². The third kappa shape index (κ3) is 5.77. The Bertz CT molecular complexity index is 294. The van der Waals surface area contributed by atoms with Crippen LogP contribution in [0.2, 0.25) is 0 Å². The molecule has 0 aliphatic carbocycles. The summed E-state index contributed by atoms with van der Waals surface area (Å²) in [7, 11) is 1.66. The van der Waals surface area contributed by atoms with E-state index < -0.39 is 0 Å². The second-order valence-corrected chi connectivity index (χ2v) is 6.66. The summed E-state index contributed by atoms with van der Waals surface area (Å²) < 4.78 is 4.97. The molecule has 1 aliphatic heterocycles. The Morgan fingerprint density at radius 3 is 2.35 bits per heavy atom. The molecule has 0 aromatic heterocycles. The van der Waals surface area contributed by atoms with Crippen molar-refractivity contribution in [1.29, 1.82) is 0 Å². The van der Waals surface area contributed by atoms with E-state index in [0.29, 0.717) is 19.6 Å². The zero-order chi connectivity index (χ0) is 15.2. The number of methoxy groups -OCH3 is 1. The first-order valence-electron chi connectivity index (χ1n) is 7.51. The van der Waals surface area contributed by atoms with Crippen LogP contribution in [0.15, 0.2) is 0 Å². The molecule has 0 bridgehead atoms. The predicted octanol–water partition coefficient (Wildman–Crippen LogP) is 0.964. The van der Waals surface area contributed by atoms with E-state index in [1.807, 2.05) is 25.7 Å². The van der Waals surface area contributed by atoms with Crippen LogP contribution in [0, 0.1) is 5.41 Å². The Kier molecular flexibility index (Phi) is 6.92. The van der Waals surface area contributed by atoms with Crippen LogP contribution < -0.4 is 0 Å². The zero-order valence-corrected chi connectivity index (χ0v) is 13.4. The lowest BCUT2D eigenvalue weighted by Gasteiger charge is -2.38. The highest BCUT2D eigenvalue weighted by Gasteiger charge is 2.27. The first-order chi connectivity index (χ1) is 9.34. The van der Waals surface area contributed by atoms with E-state index in [4.69, 9.17) is 4.74 Å². The molecule has 0 aromatic carbocycles. The predicted molar refractivity (Wildman–Crippen MR) is 79.6 cm³/mol. The summed E-state index contributed by atoms with van der Waals surface area (Å²) in [5.41, 5.74) is -0.0902. The second kappa shape index (κ2) is 7.96. The number of hydrogen-bond donors (Lipinski definition) is 1. The molecule has 1 saturated heterocycles. The molecule has 20 heavy (non-hydrogen) atoms. The van der Waals surface area contributed by atoms with Gasteiger partial charge in [0.05, 0.1) is 6.10 Å². The van der Waals surface area contributed by atoms with E-state index in [2.05, 4.69) is 4.90 Å². The van der Waals surface area contributed by atoms with Crippen molar-refractivity contribution >= 4 is 5.91 Å². The number of nitrogens with zero attached hydrogens (tertiary/aromatic N) is 2. The lowest BCUT2D eigenvalue weighted by atomic mass is 9.89. The van der Waals surface area contributed by atoms with Gasteiger partial charge in [0.25, 0.3) is 0 Å². The van der Waals surface area contributed by atoms with Gasteiger partial charge < -0.3 is 14.7 Å². The Morgan fingerprint density at radius 1 is 1.25 bits per heavy atom.